The zero-order valence-electron chi connectivity index (χ0n) is 26.9. The van der Waals surface area contributed by atoms with Gasteiger partial charge in [0.15, 0.2) is 11.5 Å². The average molecular weight is 785 g/mol. The number of hydrogen-bond donors (Lipinski definition) is 0. The van der Waals surface area contributed by atoms with Gasteiger partial charge in [-0.3, -0.25) is 0 Å². The number of carbonyl (C=O) groups is 4. The minimum atomic E-state index is -1.64. The molecule has 2 unspecified atom stereocenters. The third-order valence-corrected chi connectivity index (χ3v) is 12.1. The Kier molecular flexibility index (Phi) is 12.9. The van der Waals surface area contributed by atoms with E-state index in [1.807, 2.05) is 0 Å². The second-order valence-corrected chi connectivity index (χ2v) is 15.0. The minimum absolute atomic E-state index is 0.0758. The topological polar surface area (TPSA) is 105 Å². The Balaban J connectivity index is 1.50. The molecule has 2 fully saturated rings. The van der Waals surface area contributed by atoms with Gasteiger partial charge in [-0.2, -0.15) is 0 Å². The van der Waals surface area contributed by atoms with Gasteiger partial charge in [0.2, 0.25) is 0 Å². The van der Waals surface area contributed by atoms with E-state index < -0.39 is 46.5 Å². The molecule has 4 rings (SSSR count). The molecular formula is C34H36Cl6O8. The molecule has 0 heterocycles. The molecule has 0 N–H and O–H groups in total. The second kappa shape index (κ2) is 15.9. The number of benzene rings is 2. The van der Waals surface area contributed by atoms with Gasteiger partial charge in [0, 0.05) is 0 Å². The van der Waals surface area contributed by atoms with E-state index in [2.05, 4.69) is 27.7 Å². The third-order valence-electron chi connectivity index (χ3n) is 9.98. The van der Waals surface area contributed by atoms with Gasteiger partial charge in [-0.15, -0.1) is 0 Å². The van der Waals surface area contributed by atoms with Crippen LogP contribution in [0, 0.1) is 22.7 Å². The molecule has 0 aromatic heterocycles. The lowest BCUT2D eigenvalue weighted by Crippen LogP contribution is -2.27. The van der Waals surface area contributed by atoms with Crippen LogP contribution in [0.4, 0.5) is 0 Å². The van der Waals surface area contributed by atoms with E-state index in [1.54, 1.807) is 0 Å². The maximum atomic E-state index is 13.2. The molecule has 0 saturated heterocycles. The van der Waals surface area contributed by atoms with Gasteiger partial charge >= 0.3 is 23.9 Å². The van der Waals surface area contributed by atoms with Crippen LogP contribution in [0.5, 0.6) is 11.5 Å². The highest BCUT2D eigenvalue weighted by atomic mass is 35.5. The Bertz CT molecular complexity index is 1480. The molecule has 2 saturated carbocycles. The van der Waals surface area contributed by atoms with Crippen molar-refractivity contribution in [2.24, 2.45) is 22.7 Å². The highest BCUT2D eigenvalue weighted by molar-refractivity contribution is 6.47. The number of carbonyl (C=O) groups excluding carboxylic acids is 4. The summed E-state index contributed by atoms with van der Waals surface area (Å²) in [6, 6.07) is 2.27. The molecule has 262 valence electrons. The molecule has 2 aromatic carbocycles. The first kappa shape index (κ1) is 38.9. The van der Waals surface area contributed by atoms with Crippen molar-refractivity contribution < 1.29 is 38.1 Å². The standard InChI is InChI=1S/C34H36Cl6O8/c1-5-17(3)33(7-8-33)11-13-45-29(41)23-25(39)19(35)15-21(37)27(23)47-31(43)32(44)48-28-22(38)16-20(36)26(40)24(28)30(42)46-14-12-34(9-10-34)18(4)6-2/h15-18H,5-14H2,1-4H3. The summed E-state index contributed by atoms with van der Waals surface area (Å²) in [7, 11) is 0. The van der Waals surface area contributed by atoms with Gasteiger partial charge in [-0.25, -0.2) is 19.2 Å². The van der Waals surface area contributed by atoms with Gasteiger partial charge < -0.3 is 18.9 Å². The van der Waals surface area contributed by atoms with Crippen molar-refractivity contribution in [3.63, 3.8) is 0 Å². The van der Waals surface area contributed by atoms with Gasteiger partial charge in [0.25, 0.3) is 0 Å². The van der Waals surface area contributed by atoms with Crippen LogP contribution in [-0.4, -0.2) is 37.1 Å². The van der Waals surface area contributed by atoms with Gasteiger partial charge in [-0.05, 0) is 73.3 Å². The first-order valence-electron chi connectivity index (χ1n) is 15.7. The molecule has 2 aromatic rings. The zero-order chi connectivity index (χ0) is 35.6. The number of esters is 4. The molecule has 0 spiro atoms. The molecule has 0 amide bonds. The SMILES string of the molecule is CCC(C)C1(CCOC(=O)c2c(Cl)c(Cl)cc(Cl)c2OC(=O)C(=O)Oc2c(Cl)cc(Cl)c(Cl)c2C(=O)OCCC2(C(C)CC)CC2)CC1. The molecule has 0 radical (unpaired) electrons. The fourth-order valence-electron chi connectivity index (χ4n) is 5.99. The number of ether oxygens (including phenoxy) is 4. The molecule has 2 aliphatic carbocycles. The van der Waals surface area contributed by atoms with E-state index in [0.717, 1.165) is 50.7 Å². The van der Waals surface area contributed by atoms with E-state index >= 15 is 0 Å². The Morgan fingerprint density at radius 1 is 0.625 bits per heavy atom. The third kappa shape index (κ3) is 8.50. The highest BCUT2D eigenvalue weighted by Crippen LogP contribution is 2.56. The van der Waals surface area contributed by atoms with E-state index in [-0.39, 0.29) is 54.2 Å². The van der Waals surface area contributed by atoms with E-state index in [9.17, 15) is 19.2 Å². The van der Waals surface area contributed by atoms with Gasteiger partial charge in [0.1, 0.15) is 11.1 Å². The fourth-order valence-corrected chi connectivity index (χ4v) is 7.43. The summed E-state index contributed by atoms with van der Waals surface area (Å²) in [5, 5.41) is -1.45. The van der Waals surface area contributed by atoms with Crippen molar-refractivity contribution in [2.75, 3.05) is 13.2 Å². The molecule has 0 bridgehead atoms. The van der Waals surface area contributed by atoms with Crippen molar-refractivity contribution in [2.45, 2.75) is 79.1 Å². The lowest BCUT2D eigenvalue weighted by molar-refractivity contribution is -0.156. The monoisotopic (exact) mass is 782 g/mol. The molecule has 0 aliphatic heterocycles. The van der Waals surface area contributed by atoms with Gasteiger partial charge in [0.05, 0.1) is 43.3 Å². The maximum Gasteiger partial charge on any atom is 0.423 e. The van der Waals surface area contributed by atoms with Crippen molar-refractivity contribution in [1.82, 2.24) is 0 Å². The first-order valence-corrected chi connectivity index (χ1v) is 18.0. The second-order valence-electron chi connectivity index (χ2n) is 12.6. The van der Waals surface area contributed by atoms with E-state index in [0.29, 0.717) is 24.7 Å². The lowest BCUT2D eigenvalue weighted by atomic mass is 9.86. The summed E-state index contributed by atoms with van der Waals surface area (Å²) in [6.45, 7) is 8.69. The minimum Gasteiger partial charge on any atom is -0.462 e. The Morgan fingerprint density at radius 2 is 0.958 bits per heavy atom. The van der Waals surface area contributed by atoms with E-state index in [1.165, 1.54) is 0 Å². The fraction of sp³-hybridized carbons (Fsp3) is 0.529. The van der Waals surface area contributed by atoms with Crippen LogP contribution in [0.3, 0.4) is 0 Å². The smallest absolute Gasteiger partial charge is 0.423 e. The molecular weight excluding hydrogens is 749 g/mol. The van der Waals surface area contributed by atoms with Crippen LogP contribution in [0.15, 0.2) is 12.1 Å². The predicted molar refractivity (Wildman–Crippen MR) is 186 cm³/mol. The number of hydrogen-bond acceptors (Lipinski definition) is 8. The summed E-state index contributed by atoms with van der Waals surface area (Å²) in [5.41, 5.74) is -0.695. The summed E-state index contributed by atoms with van der Waals surface area (Å²) in [5.74, 6) is -5.42. The number of rotatable bonds is 14. The normalized spacial score (nSPS) is 16.8. The first-order chi connectivity index (χ1) is 22.6. The van der Waals surface area contributed by atoms with Crippen LogP contribution < -0.4 is 9.47 Å². The molecule has 2 aliphatic rings. The molecule has 8 nitrogen and oxygen atoms in total. The van der Waals surface area contributed by atoms with Crippen molar-refractivity contribution in [3.05, 3.63) is 53.4 Å². The predicted octanol–water partition coefficient (Wildman–Crippen LogP) is 10.9. The Labute approximate surface area is 309 Å². The van der Waals surface area contributed by atoms with Crippen LogP contribution >= 0.6 is 69.6 Å². The molecule has 2 atom stereocenters. The quantitative estimate of drug-likeness (QED) is 0.0807. The summed E-state index contributed by atoms with van der Waals surface area (Å²) in [4.78, 5) is 52.4. The number of halogens is 6. The van der Waals surface area contributed by atoms with Crippen molar-refractivity contribution >= 4 is 93.5 Å². The van der Waals surface area contributed by atoms with Gasteiger partial charge in [-0.1, -0.05) is 110 Å². The highest BCUT2D eigenvalue weighted by Gasteiger charge is 2.47. The Hall–Kier alpha value is -1.94. The van der Waals surface area contributed by atoms with Crippen LogP contribution in [-0.2, 0) is 19.1 Å². The largest absolute Gasteiger partial charge is 0.462 e. The van der Waals surface area contributed by atoms with Crippen LogP contribution in [0.2, 0.25) is 30.1 Å². The van der Waals surface area contributed by atoms with Crippen molar-refractivity contribution in [1.29, 1.82) is 0 Å². The summed E-state index contributed by atoms with van der Waals surface area (Å²) in [6.07, 6.45) is 7.41. The van der Waals surface area contributed by atoms with Crippen LogP contribution in [0.25, 0.3) is 0 Å². The molecule has 14 heteroatoms. The zero-order valence-corrected chi connectivity index (χ0v) is 31.4. The summed E-state index contributed by atoms with van der Waals surface area (Å²) >= 11 is 37.5. The maximum absolute atomic E-state index is 13.2. The average Bonchev–Trinajstić information content (AvgIpc) is 3.98. The Morgan fingerprint density at radius 3 is 1.25 bits per heavy atom. The summed E-state index contributed by atoms with van der Waals surface area (Å²) < 4.78 is 21.4. The van der Waals surface area contributed by atoms with Crippen molar-refractivity contribution in [3.8, 4) is 11.5 Å². The van der Waals surface area contributed by atoms with E-state index in [4.69, 9.17) is 88.6 Å². The lowest BCUT2D eigenvalue weighted by Gasteiger charge is -2.22. The molecule has 48 heavy (non-hydrogen) atoms. The van der Waals surface area contributed by atoms with Crippen LogP contribution in [0.1, 0.15) is 99.8 Å².